The second kappa shape index (κ2) is 12.6. The first-order valence-corrected chi connectivity index (χ1v) is 15.0. The third-order valence-electron chi connectivity index (χ3n) is 10.1. The topological polar surface area (TPSA) is 0 Å². The van der Waals surface area contributed by atoms with Crippen molar-refractivity contribution in [2.45, 2.75) is 117 Å². The van der Waals surface area contributed by atoms with Crippen molar-refractivity contribution in [2.24, 2.45) is 23.7 Å². The Morgan fingerprint density at radius 3 is 1.46 bits per heavy atom. The van der Waals surface area contributed by atoms with Crippen molar-refractivity contribution in [3.05, 3.63) is 59.4 Å². The van der Waals surface area contributed by atoms with Gasteiger partial charge in [0.25, 0.3) is 0 Å². The van der Waals surface area contributed by atoms with Crippen molar-refractivity contribution in [1.82, 2.24) is 0 Å². The van der Waals surface area contributed by atoms with Crippen molar-refractivity contribution < 1.29 is 4.39 Å². The molecule has 0 N–H and O–H groups in total. The first kappa shape index (κ1) is 26.4. The molecule has 4 rings (SSSR count). The van der Waals surface area contributed by atoms with E-state index < -0.39 is 0 Å². The molecule has 0 heterocycles. The molecule has 2 aromatic carbocycles. The van der Waals surface area contributed by atoms with E-state index in [4.69, 9.17) is 0 Å². The molecule has 2 aliphatic carbocycles. The van der Waals surface area contributed by atoms with Crippen molar-refractivity contribution in [3.8, 4) is 11.1 Å². The zero-order chi connectivity index (χ0) is 24.8. The molecule has 0 amide bonds. The van der Waals surface area contributed by atoms with Crippen molar-refractivity contribution in [3.63, 3.8) is 0 Å². The average molecular weight is 477 g/mol. The second-order valence-electron chi connectivity index (χ2n) is 11.7. The van der Waals surface area contributed by atoms with Crippen molar-refractivity contribution >= 4 is 0 Å². The molecule has 0 spiro atoms. The summed E-state index contributed by atoms with van der Waals surface area (Å²) >= 11 is 0. The van der Waals surface area contributed by atoms with Gasteiger partial charge in [-0.1, -0.05) is 89.8 Å². The summed E-state index contributed by atoms with van der Waals surface area (Å²) in [5.41, 5.74) is 4.42. The number of rotatable bonds is 9. The number of hydrogen-bond donors (Lipinski definition) is 0. The highest BCUT2D eigenvalue weighted by molar-refractivity contribution is 5.65. The standard InChI is InChI=1S/C34H49F/c1-5-24(6-2)26-9-13-28(14-10-26)29-17-19-31(20-18-29)33-22-21-32(23-34(33)35)30-15-11-27(12-16-30)25(7-3)8-4/h17-28,30H,5-16H2,1-4H3. The van der Waals surface area contributed by atoms with Crippen LogP contribution in [-0.4, -0.2) is 0 Å². The Balaban J connectivity index is 1.36. The van der Waals surface area contributed by atoms with Crippen LogP contribution in [0.2, 0.25) is 0 Å². The third kappa shape index (κ3) is 6.20. The minimum Gasteiger partial charge on any atom is -0.206 e. The van der Waals surface area contributed by atoms with Gasteiger partial charge in [0.05, 0.1) is 0 Å². The van der Waals surface area contributed by atoms with Gasteiger partial charge >= 0.3 is 0 Å². The summed E-state index contributed by atoms with van der Waals surface area (Å²) in [5.74, 6) is 4.73. The fourth-order valence-corrected chi connectivity index (χ4v) is 7.71. The van der Waals surface area contributed by atoms with E-state index in [2.05, 4.69) is 58.0 Å². The Bertz CT molecular complexity index is 889. The van der Waals surface area contributed by atoms with Gasteiger partial charge < -0.3 is 0 Å². The van der Waals surface area contributed by atoms with Gasteiger partial charge in [-0.25, -0.2) is 4.39 Å². The van der Waals surface area contributed by atoms with Crippen molar-refractivity contribution in [2.75, 3.05) is 0 Å². The van der Waals surface area contributed by atoms with E-state index in [1.165, 1.54) is 88.2 Å². The van der Waals surface area contributed by atoms with Gasteiger partial charge in [0.1, 0.15) is 5.82 Å². The monoisotopic (exact) mass is 476 g/mol. The van der Waals surface area contributed by atoms with Gasteiger partial charge in [0.2, 0.25) is 0 Å². The minimum absolute atomic E-state index is 0.0527. The van der Waals surface area contributed by atoms with E-state index in [1.54, 1.807) is 0 Å². The lowest BCUT2D eigenvalue weighted by molar-refractivity contribution is 0.221. The van der Waals surface area contributed by atoms with Crippen LogP contribution >= 0.6 is 0 Å². The second-order valence-corrected chi connectivity index (χ2v) is 11.7. The van der Waals surface area contributed by atoms with Gasteiger partial charge in [-0.05, 0) is 110 Å². The van der Waals surface area contributed by atoms with E-state index in [0.29, 0.717) is 11.8 Å². The fraction of sp³-hybridized carbons (Fsp3) is 0.647. The molecule has 192 valence electrons. The first-order valence-electron chi connectivity index (χ1n) is 15.0. The van der Waals surface area contributed by atoms with Crippen molar-refractivity contribution in [1.29, 1.82) is 0 Å². The molecule has 1 heteroatoms. The van der Waals surface area contributed by atoms with Crippen LogP contribution in [-0.2, 0) is 0 Å². The molecular formula is C34H49F. The summed E-state index contributed by atoms with van der Waals surface area (Å²) in [6.07, 6.45) is 15.6. The van der Waals surface area contributed by atoms with E-state index in [0.717, 1.165) is 34.8 Å². The maximum atomic E-state index is 15.2. The molecule has 0 aromatic heterocycles. The van der Waals surface area contributed by atoms with Gasteiger partial charge in [-0.2, -0.15) is 0 Å². The molecule has 0 saturated heterocycles. The SMILES string of the molecule is CCC(CC)C1CCC(c2ccc(-c3ccc(C4CCC(C(CC)CC)CC4)cc3F)cc2)CC1. The Morgan fingerprint density at radius 1 is 0.600 bits per heavy atom. The van der Waals surface area contributed by atoms with Crippen LogP contribution in [0.25, 0.3) is 11.1 Å². The van der Waals surface area contributed by atoms with Crippen LogP contribution in [0, 0.1) is 29.5 Å². The molecule has 2 fully saturated rings. The fourth-order valence-electron chi connectivity index (χ4n) is 7.71. The summed E-state index contributed by atoms with van der Waals surface area (Å²) in [5, 5.41) is 0. The van der Waals surface area contributed by atoms with Gasteiger partial charge in [-0.3, -0.25) is 0 Å². The molecule has 0 aliphatic heterocycles. The van der Waals surface area contributed by atoms with Crippen LogP contribution in [0.5, 0.6) is 0 Å². The predicted molar refractivity (Wildman–Crippen MR) is 149 cm³/mol. The minimum atomic E-state index is -0.0527. The maximum Gasteiger partial charge on any atom is 0.131 e. The van der Waals surface area contributed by atoms with E-state index in [1.807, 2.05) is 12.1 Å². The molecule has 2 aromatic rings. The highest BCUT2D eigenvalue weighted by Gasteiger charge is 2.28. The van der Waals surface area contributed by atoms with Gasteiger partial charge in [-0.15, -0.1) is 0 Å². The number of halogens is 1. The molecule has 0 atom stereocenters. The molecule has 0 radical (unpaired) electrons. The largest absolute Gasteiger partial charge is 0.206 e. The summed E-state index contributed by atoms with van der Waals surface area (Å²) in [7, 11) is 0. The quantitative estimate of drug-likeness (QED) is 0.337. The third-order valence-corrected chi connectivity index (χ3v) is 10.1. The van der Waals surface area contributed by atoms with Crippen LogP contribution < -0.4 is 0 Å². The predicted octanol–water partition coefficient (Wildman–Crippen LogP) is 10.9. The van der Waals surface area contributed by atoms with Gasteiger partial charge in [0.15, 0.2) is 0 Å². The van der Waals surface area contributed by atoms with Crippen LogP contribution in [0.1, 0.15) is 128 Å². The lowest BCUT2D eigenvalue weighted by Crippen LogP contribution is -2.20. The molecule has 0 bridgehead atoms. The molecule has 2 aliphatic rings. The Hall–Kier alpha value is -1.63. The molecule has 0 nitrogen and oxygen atoms in total. The summed E-state index contributed by atoms with van der Waals surface area (Å²) in [4.78, 5) is 0. The summed E-state index contributed by atoms with van der Waals surface area (Å²) in [6, 6.07) is 14.9. The zero-order valence-corrected chi connectivity index (χ0v) is 22.9. The van der Waals surface area contributed by atoms with E-state index >= 15 is 4.39 Å². The van der Waals surface area contributed by atoms with Gasteiger partial charge in [0, 0.05) is 5.56 Å². The Morgan fingerprint density at radius 2 is 1.03 bits per heavy atom. The van der Waals surface area contributed by atoms with Crippen LogP contribution in [0.4, 0.5) is 4.39 Å². The molecule has 35 heavy (non-hydrogen) atoms. The lowest BCUT2D eigenvalue weighted by Gasteiger charge is -2.33. The summed E-state index contributed by atoms with van der Waals surface area (Å²) in [6.45, 7) is 9.37. The summed E-state index contributed by atoms with van der Waals surface area (Å²) < 4.78 is 15.2. The average Bonchev–Trinajstić information content (AvgIpc) is 2.91. The highest BCUT2D eigenvalue weighted by Crippen LogP contribution is 2.42. The number of hydrogen-bond acceptors (Lipinski definition) is 0. The molecule has 2 saturated carbocycles. The highest BCUT2D eigenvalue weighted by atomic mass is 19.1. The van der Waals surface area contributed by atoms with Crippen LogP contribution in [0.15, 0.2) is 42.5 Å². The zero-order valence-electron chi connectivity index (χ0n) is 22.9. The van der Waals surface area contributed by atoms with E-state index in [9.17, 15) is 0 Å². The Kier molecular flexibility index (Phi) is 9.48. The number of benzene rings is 2. The molecular weight excluding hydrogens is 427 g/mol. The first-order chi connectivity index (χ1) is 17.1. The van der Waals surface area contributed by atoms with E-state index in [-0.39, 0.29) is 5.82 Å². The lowest BCUT2D eigenvalue weighted by atomic mass is 9.72. The van der Waals surface area contributed by atoms with Crippen LogP contribution in [0.3, 0.4) is 0 Å². The maximum absolute atomic E-state index is 15.2. The molecule has 0 unspecified atom stereocenters. The Labute approximate surface area is 215 Å². The smallest absolute Gasteiger partial charge is 0.131 e. The normalized spacial score (nSPS) is 25.3.